The van der Waals surface area contributed by atoms with Crippen molar-refractivity contribution in [2.45, 2.75) is 44.0 Å². The van der Waals surface area contributed by atoms with Crippen LogP contribution in [-0.4, -0.2) is 22.0 Å². The van der Waals surface area contributed by atoms with E-state index in [1.54, 1.807) is 17.4 Å². The predicted octanol–water partition coefficient (Wildman–Crippen LogP) is 2.24. The number of rotatable bonds is 7. The lowest BCUT2D eigenvalue weighted by molar-refractivity contribution is 0.432. The van der Waals surface area contributed by atoms with Gasteiger partial charge in [0.1, 0.15) is 0 Å². The Morgan fingerprint density at radius 1 is 1.40 bits per heavy atom. The van der Waals surface area contributed by atoms with Gasteiger partial charge in [0.2, 0.25) is 10.0 Å². The lowest BCUT2D eigenvalue weighted by Gasteiger charge is -2.15. The van der Waals surface area contributed by atoms with E-state index in [2.05, 4.69) is 10.0 Å². The lowest BCUT2D eigenvalue weighted by atomic mass is 10.0. The Kier molecular flexibility index (Phi) is 3.69. The first-order chi connectivity index (χ1) is 9.47. The highest BCUT2D eigenvalue weighted by atomic mass is 32.2. The van der Waals surface area contributed by atoms with Crippen molar-refractivity contribution in [3.05, 3.63) is 15.8 Å². The Hall–Kier alpha value is -0.430. The molecule has 0 unspecified atom stereocenters. The molecular formula is C14H22N2O2S2. The number of sulfonamides is 1. The topological polar surface area (TPSA) is 58.2 Å². The first kappa shape index (κ1) is 14.5. The molecule has 2 saturated carbocycles. The van der Waals surface area contributed by atoms with E-state index in [0.717, 1.165) is 15.7 Å². The van der Waals surface area contributed by atoms with Crippen molar-refractivity contribution in [1.82, 2.24) is 10.0 Å². The second kappa shape index (κ2) is 5.09. The Morgan fingerprint density at radius 2 is 2.10 bits per heavy atom. The molecule has 4 nitrogen and oxygen atoms in total. The monoisotopic (exact) mass is 314 g/mol. The second-order valence-corrected chi connectivity index (χ2v) is 9.20. The van der Waals surface area contributed by atoms with Crippen molar-refractivity contribution < 1.29 is 8.42 Å². The fourth-order valence-electron chi connectivity index (χ4n) is 2.95. The van der Waals surface area contributed by atoms with Crippen molar-refractivity contribution in [3.63, 3.8) is 0 Å². The number of hydrogen-bond acceptors (Lipinski definition) is 4. The molecule has 0 aliphatic heterocycles. The fraction of sp³-hybridized carbons (Fsp3) is 0.714. The van der Waals surface area contributed by atoms with Crippen molar-refractivity contribution in [2.75, 3.05) is 13.6 Å². The van der Waals surface area contributed by atoms with Gasteiger partial charge in [-0.2, -0.15) is 0 Å². The minimum atomic E-state index is -3.35. The molecular weight excluding hydrogens is 292 g/mol. The van der Waals surface area contributed by atoms with Crippen LogP contribution < -0.4 is 10.0 Å². The third-order valence-corrected chi connectivity index (χ3v) is 7.22. The van der Waals surface area contributed by atoms with Crippen molar-refractivity contribution in [3.8, 4) is 0 Å². The zero-order chi connectivity index (χ0) is 14.4. The van der Waals surface area contributed by atoms with E-state index in [9.17, 15) is 8.42 Å². The van der Waals surface area contributed by atoms with Gasteiger partial charge in [-0.05, 0) is 57.1 Å². The minimum Gasteiger partial charge on any atom is -0.315 e. The number of aryl methyl sites for hydroxylation is 1. The van der Waals surface area contributed by atoms with Crippen LogP contribution in [0.1, 0.15) is 35.4 Å². The van der Waals surface area contributed by atoms with Gasteiger partial charge in [0.05, 0.1) is 4.90 Å². The second-order valence-electron chi connectivity index (χ2n) is 6.12. The Labute approximate surface area is 125 Å². The van der Waals surface area contributed by atoms with E-state index in [1.165, 1.54) is 25.7 Å². The van der Waals surface area contributed by atoms with Crippen LogP contribution in [-0.2, 0) is 16.6 Å². The molecule has 0 aromatic carbocycles. The molecule has 0 spiro atoms. The summed E-state index contributed by atoms with van der Waals surface area (Å²) in [7, 11) is -1.49. The first-order valence-corrected chi connectivity index (χ1v) is 9.50. The standard InChI is InChI=1S/C14H22N2O2S2/c1-10-13(7-12(19-10)8-15-2)20(17,18)16-9-14(5-6-14)11-3-4-11/h7,11,15-16H,3-6,8-9H2,1-2H3. The van der Waals surface area contributed by atoms with Gasteiger partial charge in [0.25, 0.3) is 0 Å². The maximum Gasteiger partial charge on any atom is 0.241 e. The summed E-state index contributed by atoms with van der Waals surface area (Å²) in [5.41, 5.74) is 0.296. The van der Waals surface area contributed by atoms with Gasteiger partial charge in [-0.25, -0.2) is 13.1 Å². The molecule has 0 atom stereocenters. The molecule has 0 amide bonds. The number of nitrogens with one attached hydrogen (secondary N) is 2. The summed E-state index contributed by atoms with van der Waals surface area (Å²) in [5, 5.41) is 3.06. The average molecular weight is 314 g/mol. The molecule has 1 heterocycles. The highest BCUT2D eigenvalue weighted by Gasteiger charge is 2.53. The molecule has 1 aromatic rings. The van der Waals surface area contributed by atoms with E-state index in [0.29, 0.717) is 23.4 Å². The molecule has 2 aliphatic rings. The molecule has 2 fully saturated rings. The molecule has 1 aromatic heterocycles. The summed E-state index contributed by atoms with van der Waals surface area (Å²) in [6.45, 7) is 3.22. The summed E-state index contributed by atoms with van der Waals surface area (Å²) in [5.74, 6) is 0.772. The number of hydrogen-bond donors (Lipinski definition) is 2. The molecule has 2 aliphatic carbocycles. The summed E-state index contributed by atoms with van der Waals surface area (Å²) in [6.07, 6.45) is 4.94. The van der Waals surface area contributed by atoms with Crippen LogP contribution in [0.25, 0.3) is 0 Å². The van der Waals surface area contributed by atoms with Crippen molar-refractivity contribution in [1.29, 1.82) is 0 Å². The zero-order valence-electron chi connectivity index (χ0n) is 12.0. The SMILES string of the molecule is CNCc1cc(S(=O)(=O)NCC2(C3CC3)CC2)c(C)s1. The highest BCUT2D eigenvalue weighted by molar-refractivity contribution is 7.89. The molecule has 2 N–H and O–H groups in total. The van der Waals surface area contributed by atoms with Gasteiger partial charge in [-0.3, -0.25) is 0 Å². The van der Waals surface area contributed by atoms with Crippen LogP contribution in [0.4, 0.5) is 0 Å². The van der Waals surface area contributed by atoms with Crippen molar-refractivity contribution in [2.24, 2.45) is 11.3 Å². The molecule has 112 valence electrons. The third kappa shape index (κ3) is 2.79. The van der Waals surface area contributed by atoms with E-state index in [1.807, 2.05) is 14.0 Å². The molecule has 0 radical (unpaired) electrons. The average Bonchev–Trinajstić information content (AvgIpc) is 3.26. The largest absolute Gasteiger partial charge is 0.315 e. The van der Waals surface area contributed by atoms with Crippen LogP contribution in [0.5, 0.6) is 0 Å². The Bertz CT molecular complexity index is 599. The van der Waals surface area contributed by atoms with E-state index < -0.39 is 10.0 Å². The summed E-state index contributed by atoms with van der Waals surface area (Å²) in [4.78, 5) is 2.40. The van der Waals surface area contributed by atoms with Gasteiger partial charge >= 0.3 is 0 Å². The van der Waals surface area contributed by atoms with Gasteiger partial charge in [0, 0.05) is 22.8 Å². The highest BCUT2D eigenvalue weighted by Crippen LogP contribution is 2.60. The van der Waals surface area contributed by atoms with Crippen LogP contribution in [0.3, 0.4) is 0 Å². The lowest BCUT2D eigenvalue weighted by Crippen LogP contribution is -2.31. The fourth-order valence-corrected chi connectivity index (χ4v) is 5.74. The maximum absolute atomic E-state index is 12.5. The van der Waals surface area contributed by atoms with Gasteiger partial charge in [-0.15, -0.1) is 11.3 Å². The molecule has 0 bridgehead atoms. The van der Waals surface area contributed by atoms with Crippen LogP contribution >= 0.6 is 11.3 Å². The van der Waals surface area contributed by atoms with E-state index in [-0.39, 0.29) is 0 Å². The third-order valence-electron chi connectivity index (χ3n) is 4.51. The van der Waals surface area contributed by atoms with E-state index in [4.69, 9.17) is 0 Å². The van der Waals surface area contributed by atoms with E-state index >= 15 is 0 Å². The van der Waals surface area contributed by atoms with Gasteiger partial charge < -0.3 is 5.32 Å². The zero-order valence-corrected chi connectivity index (χ0v) is 13.7. The van der Waals surface area contributed by atoms with Crippen LogP contribution in [0.15, 0.2) is 11.0 Å². The van der Waals surface area contributed by atoms with Crippen molar-refractivity contribution >= 4 is 21.4 Å². The first-order valence-electron chi connectivity index (χ1n) is 7.20. The minimum absolute atomic E-state index is 0.296. The smallest absolute Gasteiger partial charge is 0.241 e. The van der Waals surface area contributed by atoms with Crippen LogP contribution in [0, 0.1) is 18.3 Å². The maximum atomic E-state index is 12.5. The predicted molar refractivity (Wildman–Crippen MR) is 81.4 cm³/mol. The molecule has 6 heteroatoms. The summed E-state index contributed by atoms with van der Waals surface area (Å²) >= 11 is 1.55. The Morgan fingerprint density at radius 3 is 2.65 bits per heavy atom. The number of thiophene rings is 1. The Balaban J connectivity index is 1.71. The van der Waals surface area contributed by atoms with Gasteiger partial charge in [-0.1, -0.05) is 0 Å². The normalized spacial score (nSPS) is 21.1. The quantitative estimate of drug-likeness (QED) is 0.811. The summed E-state index contributed by atoms with van der Waals surface area (Å²) < 4.78 is 27.8. The molecule has 0 saturated heterocycles. The van der Waals surface area contributed by atoms with Gasteiger partial charge in [0.15, 0.2) is 0 Å². The summed E-state index contributed by atoms with van der Waals surface area (Å²) in [6, 6.07) is 1.80. The van der Waals surface area contributed by atoms with Crippen LogP contribution in [0.2, 0.25) is 0 Å². The molecule has 20 heavy (non-hydrogen) atoms. The molecule has 3 rings (SSSR count).